The molecule has 0 aliphatic rings. The SMILES string of the molecule is CC(C)(C)NC(=O)CC(=O)NCc1cccnc1. The van der Waals surface area contributed by atoms with Crippen LogP contribution in [0.3, 0.4) is 0 Å². The average molecular weight is 249 g/mol. The Kier molecular flexibility index (Phi) is 4.83. The van der Waals surface area contributed by atoms with E-state index < -0.39 is 0 Å². The number of aromatic nitrogens is 1. The van der Waals surface area contributed by atoms with Gasteiger partial charge >= 0.3 is 0 Å². The van der Waals surface area contributed by atoms with E-state index in [0.717, 1.165) is 5.56 Å². The van der Waals surface area contributed by atoms with Gasteiger partial charge in [-0.25, -0.2) is 0 Å². The number of hydrogen-bond acceptors (Lipinski definition) is 3. The minimum atomic E-state index is -0.319. The largest absolute Gasteiger partial charge is 0.352 e. The molecule has 0 aliphatic heterocycles. The van der Waals surface area contributed by atoms with Gasteiger partial charge in [-0.3, -0.25) is 14.6 Å². The third-order valence-electron chi connectivity index (χ3n) is 2.05. The number of nitrogens with one attached hydrogen (secondary N) is 2. The van der Waals surface area contributed by atoms with E-state index in [0.29, 0.717) is 6.54 Å². The zero-order valence-electron chi connectivity index (χ0n) is 11.0. The Bertz CT molecular complexity index is 410. The smallest absolute Gasteiger partial charge is 0.229 e. The van der Waals surface area contributed by atoms with Crippen LogP contribution < -0.4 is 10.6 Å². The highest BCUT2D eigenvalue weighted by molar-refractivity contribution is 5.97. The summed E-state index contributed by atoms with van der Waals surface area (Å²) < 4.78 is 0. The molecule has 0 aromatic carbocycles. The fraction of sp³-hybridized carbons (Fsp3) is 0.462. The van der Waals surface area contributed by atoms with Crippen LogP contribution in [0.25, 0.3) is 0 Å². The summed E-state index contributed by atoms with van der Waals surface area (Å²) in [5, 5.41) is 5.41. The van der Waals surface area contributed by atoms with Crippen molar-refractivity contribution in [1.29, 1.82) is 0 Å². The Balaban J connectivity index is 2.32. The number of nitrogens with zero attached hydrogens (tertiary/aromatic N) is 1. The lowest BCUT2D eigenvalue weighted by molar-refractivity contribution is -0.130. The molecule has 0 spiro atoms. The molecular formula is C13H19N3O2. The fourth-order valence-electron chi connectivity index (χ4n) is 1.37. The van der Waals surface area contributed by atoms with Crippen LogP contribution in [-0.4, -0.2) is 22.3 Å². The van der Waals surface area contributed by atoms with E-state index in [1.165, 1.54) is 0 Å². The minimum Gasteiger partial charge on any atom is -0.352 e. The van der Waals surface area contributed by atoms with Crippen molar-refractivity contribution in [2.24, 2.45) is 0 Å². The van der Waals surface area contributed by atoms with E-state index in [9.17, 15) is 9.59 Å². The van der Waals surface area contributed by atoms with E-state index in [1.807, 2.05) is 26.8 Å². The van der Waals surface area contributed by atoms with Gasteiger partial charge in [0.2, 0.25) is 11.8 Å². The summed E-state index contributed by atoms with van der Waals surface area (Å²) >= 11 is 0. The van der Waals surface area contributed by atoms with E-state index in [4.69, 9.17) is 0 Å². The average Bonchev–Trinajstić information content (AvgIpc) is 2.25. The Morgan fingerprint density at radius 2 is 2.00 bits per heavy atom. The van der Waals surface area contributed by atoms with Crippen LogP contribution in [0.1, 0.15) is 32.8 Å². The quantitative estimate of drug-likeness (QED) is 0.782. The van der Waals surface area contributed by atoms with Crippen molar-refractivity contribution in [3.05, 3.63) is 30.1 Å². The third-order valence-corrected chi connectivity index (χ3v) is 2.05. The van der Waals surface area contributed by atoms with Crippen LogP contribution in [0.2, 0.25) is 0 Å². The summed E-state index contributed by atoms with van der Waals surface area (Å²) in [5.74, 6) is -0.563. The van der Waals surface area contributed by atoms with Gasteiger partial charge < -0.3 is 10.6 Å². The topological polar surface area (TPSA) is 71.1 Å². The van der Waals surface area contributed by atoms with Crippen molar-refractivity contribution in [3.8, 4) is 0 Å². The van der Waals surface area contributed by atoms with Gasteiger partial charge in [-0.05, 0) is 32.4 Å². The molecule has 1 aromatic heterocycles. The highest BCUT2D eigenvalue weighted by Gasteiger charge is 2.16. The van der Waals surface area contributed by atoms with Crippen LogP contribution in [-0.2, 0) is 16.1 Å². The lowest BCUT2D eigenvalue weighted by atomic mass is 10.1. The molecule has 2 amide bonds. The standard InChI is InChI=1S/C13H19N3O2/c1-13(2,3)16-12(18)7-11(17)15-9-10-5-4-6-14-8-10/h4-6,8H,7,9H2,1-3H3,(H,15,17)(H,16,18). The van der Waals surface area contributed by atoms with E-state index in [-0.39, 0.29) is 23.8 Å². The maximum atomic E-state index is 11.5. The molecule has 1 rings (SSSR count). The molecule has 1 aromatic rings. The second kappa shape index (κ2) is 6.14. The molecule has 0 unspecified atom stereocenters. The third kappa shape index (κ3) is 5.98. The molecular weight excluding hydrogens is 230 g/mol. The molecule has 2 N–H and O–H groups in total. The number of pyridine rings is 1. The molecule has 0 atom stereocenters. The molecule has 0 aliphatic carbocycles. The van der Waals surface area contributed by atoms with Crippen LogP contribution >= 0.6 is 0 Å². The zero-order valence-corrected chi connectivity index (χ0v) is 11.0. The molecule has 5 nitrogen and oxygen atoms in total. The van der Waals surface area contributed by atoms with Crippen LogP contribution in [0.5, 0.6) is 0 Å². The summed E-state index contributed by atoms with van der Waals surface area (Å²) in [7, 11) is 0. The zero-order chi connectivity index (χ0) is 13.6. The van der Waals surface area contributed by atoms with Gasteiger partial charge in [0.05, 0.1) is 0 Å². The fourth-order valence-corrected chi connectivity index (χ4v) is 1.37. The van der Waals surface area contributed by atoms with Crippen LogP contribution in [0.4, 0.5) is 0 Å². The number of carbonyl (C=O) groups excluding carboxylic acids is 2. The molecule has 0 radical (unpaired) electrons. The van der Waals surface area contributed by atoms with Crippen molar-refractivity contribution in [3.63, 3.8) is 0 Å². The van der Waals surface area contributed by atoms with Crippen LogP contribution in [0.15, 0.2) is 24.5 Å². The van der Waals surface area contributed by atoms with Gasteiger partial charge in [-0.15, -0.1) is 0 Å². The van der Waals surface area contributed by atoms with Gasteiger partial charge in [0.15, 0.2) is 0 Å². The molecule has 0 fully saturated rings. The summed E-state index contributed by atoms with van der Waals surface area (Å²) in [4.78, 5) is 27.0. The van der Waals surface area contributed by atoms with Crippen molar-refractivity contribution in [1.82, 2.24) is 15.6 Å². The molecule has 18 heavy (non-hydrogen) atoms. The predicted molar refractivity (Wildman–Crippen MR) is 68.6 cm³/mol. The minimum absolute atomic E-state index is 0.155. The lowest BCUT2D eigenvalue weighted by Gasteiger charge is -2.20. The van der Waals surface area contributed by atoms with Gasteiger partial charge in [-0.1, -0.05) is 6.07 Å². The summed E-state index contributed by atoms with van der Waals surface area (Å²) in [6.45, 7) is 6.00. The molecule has 98 valence electrons. The Labute approximate surface area is 107 Å². The maximum absolute atomic E-state index is 11.5. The summed E-state index contributed by atoms with van der Waals surface area (Å²) in [6, 6.07) is 3.66. The number of carbonyl (C=O) groups is 2. The summed E-state index contributed by atoms with van der Waals surface area (Å²) in [5.41, 5.74) is 0.586. The first-order chi connectivity index (χ1) is 8.37. The van der Waals surface area contributed by atoms with E-state index >= 15 is 0 Å². The second-order valence-electron chi connectivity index (χ2n) is 5.11. The number of rotatable bonds is 4. The molecule has 0 saturated heterocycles. The first-order valence-corrected chi connectivity index (χ1v) is 5.83. The van der Waals surface area contributed by atoms with Gasteiger partial charge in [0.1, 0.15) is 6.42 Å². The van der Waals surface area contributed by atoms with Crippen molar-refractivity contribution >= 4 is 11.8 Å². The number of hydrogen-bond donors (Lipinski definition) is 2. The van der Waals surface area contributed by atoms with Crippen molar-refractivity contribution in [2.75, 3.05) is 0 Å². The van der Waals surface area contributed by atoms with Crippen LogP contribution in [0, 0.1) is 0 Å². The molecule has 0 saturated carbocycles. The van der Waals surface area contributed by atoms with Crippen molar-refractivity contribution < 1.29 is 9.59 Å². The van der Waals surface area contributed by atoms with E-state index in [1.54, 1.807) is 18.5 Å². The summed E-state index contributed by atoms with van der Waals surface area (Å²) in [6.07, 6.45) is 3.19. The van der Waals surface area contributed by atoms with Gasteiger partial charge in [0, 0.05) is 24.5 Å². The lowest BCUT2D eigenvalue weighted by Crippen LogP contribution is -2.42. The highest BCUT2D eigenvalue weighted by Crippen LogP contribution is 1.99. The first-order valence-electron chi connectivity index (χ1n) is 5.83. The molecule has 5 heteroatoms. The predicted octanol–water partition coefficient (Wildman–Crippen LogP) is 1.00. The maximum Gasteiger partial charge on any atom is 0.229 e. The van der Waals surface area contributed by atoms with Gasteiger partial charge in [-0.2, -0.15) is 0 Å². The Hall–Kier alpha value is -1.91. The Morgan fingerprint density at radius 1 is 1.28 bits per heavy atom. The normalized spacial score (nSPS) is 10.8. The Morgan fingerprint density at radius 3 is 2.56 bits per heavy atom. The van der Waals surface area contributed by atoms with E-state index in [2.05, 4.69) is 15.6 Å². The number of amides is 2. The molecule has 1 heterocycles. The molecule has 0 bridgehead atoms. The second-order valence-corrected chi connectivity index (χ2v) is 5.11. The van der Waals surface area contributed by atoms with Crippen molar-refractivity contribution in [2.45, 2.75) is 39.3 Å². The van der Waals surface area contributed by atoms with Gasteiger partial charge in [0.25, 0.3) is 0 Å². The first kappa shape index (κ1) is 14.2. The highest BCUT2D eigenvalue weighted by atomic mass is 16.2. The monoisotopic (exact) mass is 249 g/mol.